The highest BCUT2D eigenvalue weighted by Crippen LogP contribution is 2.51. The van der Waals surface area contributed by atoms with Crippen LogP contribution in [0.4, 0.5) is 9.18 Å². The number of aromatic nitrogens is 2. The molecule has 13 nitrogen and oxygen atoms in total. The highest BCUT2D eigenvalue weighted by Gasteiger charge is 2.54. The zero-order valence-electron chi connectivity index (χ0n) is 41.2. The molecule has 2 saturated heterocycles. The van der Waals surface area contributed by atoms with Gasteiger partial charge in [0, 0.05) is 79.0 Å². The van der Waals surface area contributed by atoms with Crippen LogP contribution in [0.15, 0.2) is 53.8 Å². The number of esters is 1. The number of carbonyl (C=O) groups excluding carboxylic acids is 2. The van der Waals surface area contributed by atoms with E-state index in [1.54, 1.807) is 11.5 Å². The standard InChI is InChI=1S/C57H63FN6O7/c1-6-38-42-17-48-53-43(26-64(48)54(67)44(42)27-70-55(38)68)52-46(10-9-39-31(4)45(58)18-47(59-53)51(39)52)60-56(69)71-37-20-57(21-37)28-62(29-57)22-33-11-13-61(14-12-33)23-34-7-8-35-24-63(25-36(35)15-34)32(5)41-16-40(30(2)3)49(65)19-50(41)66/h7-8,15-19,30,33,37-38,46,65-66H,5-6,9-14,20-29H2,1-4H3,(H,60,69). The van der Waals surface area contributed by atoms with E-state index in [1.165, 1.54) is 41.7 Å². The van der Waals surface area contributed by atoms with Gasteiger partial charge >= 0.3 is 12.1 Å². The summed E-state index contributed by atoms with van der Waals surface area (Å²) < 4.78 is 28.6. The number of aryl methyl sites for hydroxylation is 1. The number of alkyl carbamates (subject to hydrolysis) is 1. The summed E-state index contributed by atoms with van der Waals surface area (Å²) in [6.07, 6.45) is 5.09. The molecule has 14 heteroatoms. The molecular weight excluding hydrogens is 900 g/mol. The van der Waals surface area contributed by atoms with E-state index in [0.29, 0.717) is 64.3 Å². The number of likely N-dealkylation sites (tertiary alicyclic amines) is 2. The van der Waals surface area contributed by atoms with E-state index in [-0.39, 0.29) is 59.4 Å². The normalized spacial score (nSPS) is 21.4. The van der Waals surface area contributed by atoms with Crippen molar-refractivity contribution in [1.29, 1.82) is 0 Å². The Bertz CT molecular complexity index is 3140. The van der Waals surface area contributed by atoms with Gasteiger partial charge in [0.1, 0.15) is 30.0 Å². The zero-order valence-corrected chi connectivity index (χ0v) is 41.2. The molecule has 2 atom stereocenters. The van der Waals surface area contributed by atoms with Crippen LogP contribution in [0.3, 0.4) is 0 Å². The largest absolute Gasteiger partial charge is 0.508 e. The Morgan fingerprint density at radius 1 is 0.972 bits per heavy atom. The molecule has 2 unspecified atom stereocenters. The summed E-state index contributed by atoms with van der Waals surface area (Å²) >= 11 is 0. The molecule has 7 heterocycles. The second-order valence-electron chi connectivity index (χ2n) is 22.2. The van der Waals surface area contributed by atoms with Crippen LogP contribution >= 0.6 is 0 Å². The van der Waals surface area contributed by atoms with Gasteiger partial charge in [-0.2, -0.15) is 0 Å². The first-order valence-corrected chi connectivity index (χ1v) is 25.7. The summed E-state index contributed by atoms with van der Waals surface area (Å²) in [6, 6.07) is 13.1. The quantitative estimate of drug-likeness (QED) is 0.113. The van der Waals surface area contributed by atoms with E-state index in [0.717, 1.165) is 98.5 Å². The number of rotatable bonds is 10. The van der Waals surface area contributed by atoms with E-state index >= 15 is 4.39 Å². The lowest BCUT2D eigenvalue weighted by molar-refractivity contribution is -0.148. The molecule has 12 rings (SSSR count). The third-order valence-corrected chi connectivity index (χ3v) is 17.3. The van der Waals surface area contributed by atoms with Crippen LogP contribution in [-0.4, -0.2) is 85.4 Å². The molecule has 0 radical (unpaired) electrons. The average Bonchev–Trinajstić information content (AvgIpc) is 3.91. The Morgan fingerprint density at radius 3 is 2.51 bits per heavy atom. The van der Waals surface area contributed by atoms with Gasteiger partial charge in [0.15, 0.2) is 0 Å². The summed E-state index contributed by atoms with van der Waals surface area (Å²) in [5, 5.41) is 25.1. The van der Waals surface area contributed by atoms with Crippen LogP contribution in [0.1, 0.15) is 138 Å². The van der Waals surface area contributed by atoms with Crippen molar-refractivity contribution in [3.63, 3.8) is 0 Å². The molecule has 0 bridgehead atoms. The Labute approximate surface area is 413 Å². The minimum absolute atomic E-state index is 0.0471. The first kappa shape index (κ1) is 45.9. The van der Waals surface area contributed by atoms with E-state index in [9.17, 15) is 24.6 Å². The number of nitrogens with zero attached hydrogens (tertiary/aromatic N) is 5. The van der Waals surface area contributed by atoms with Gasteiger partial charge in [0.2, 0.25) is 0 Å². The van der Waals surface area contributed by atoms with Crippen molar-refractivity contribution < 1.29 is 33.7 Å². The molecule has 7 aliphatic rings. The first-order chi connectivity index (χ1) is 34.1. The number of piperidine rings is 1. The first-order valence-electron chi connectivity index (χ1n) is 25.7. The fraction of sp³-hybridized carbons (Fsp3) is 0.474. The maximum absolute atomic E-state index is 15.4. The second-order valence-corrected chi connectivity index (χ2v) is 22.2. The number of phenolic OH excluding ortho intramolecular Hbond substituents is 2. The minimum atomic E-state index is -0.541. The molecule has 3 aromatic carbocycles. The molecular formula is C57H63FN6O7. The number of benzene rings is 3. The summed E-state index contributed by atoms with van der Waals surface area (Å²) in [4.78, 5) is 52.8. The number of halogens is 1. The number of amides is 1. The second kappa shape index (κ2) is 17.2. The van der Waals surface area contributed by atoms with Crippen LogP contribution in [0, 0.1) is 24.1 Å². The molecule has 370 valence electrons. The summed E-state index contributed by atoms with van der Waals surface area (Å²) in [5.41, 5.74) is 12.1. The third kappa shape index (κ3) is 7.78. The Kier molecular flexibility index (Phi) is 11.1. The van der Waals surface area contributed by atoms with Gasteiger partial charge in [-0.25, -0.2) is 14.2 Å². The Balaban J connectivity index is 0.631. The molecule has 3 fully saturated rings. The number of hydrogen-bond donors (Lipinski definition) is 3. The molecule has 1 amide bonds. The fourth-order valence-corrected chi connectivity index (χ4v) is 13.5. The van der Waals surface area contributed by atoms with Gasteiger partial charge in [0.25, 0.3) is 5.56 Å². The lowest BCUT2D eigenvalue weighted by Crippen LogP contribution is -2.65. The van der Waals surface area contributed by atoms with E-state index < -0.39 is 18.1 Å². The highest BCUT2D eigenvalue weighted by atomic mass is 19.1. The van der Waals surface area contributed by atoms with Crippen molar-refractivity contribution in [2.45, 2.75) is 129 Å². The number of nitrogens with one attached hydrogen (secondary N) is 1. The smallest absolute Gasteiger partial charge is 0.407 e. The van der Waals surface area contributed by atoms with Gasteiger partial charge in [0.05, 0.1) is 41.0 Å². The van der Waals surface area contributed by atoms with Gasteiger partial charge in [-0.15, -0.1) is 0 Å². The highest BCUT2D eigenvalue weighted by molar-refractivity contribution is 5.93. The molecule has 3 N–H and O–H groups in total. The number of phenols is 2. The molecule has 1 spiro atoms. The van der Waals surface area contributed by atoms with Crippen LogP contribution in [-0.2, 0) is 53.5 Å². The number of fused-ring (bicyclic) bond motifs is 6. The predicted molar refractivity (Wildman–Crippen MR) is 267 cm³/mol. The number of hydrogen-bond acceptors (Lipinski definition) is 11. The molecule has 5 aliphatic heterocycles. The molecule has 71 heavy (non-hydrogen) atoms. The summed E-state index contributed by atoms with van der Waals surface area (Å²) in [6.45, 7) is 20.0. The molecule has 5 aromatic rings. The van der Waals surface area contributed by atoms with Crippen LogP contribution in [0.5, 0.6) is 11.5 Å². The minimum Gasteiger partial charge on any atom is -0.508 e. The van der Waals surface area contributed by atoms with E-state index in [4.69, 9.17) is 14.5 Å². The zero-order chi connectivity index (χ0) is 49.2. The van der Waals surface area contributed by atoms with Crippen molar-refractivity contribution in [2.75, 3.05) is 32.7 Å². The lowest BCUT2D eigenvalue weighted by atomic mass is 9.61. The van der Waals surface area contributed by atoms with Gasteiger partial charge in [-0.05, 0) is 133 Å². The van der Waals surface area contributed by atoms with Crippen molar-refractivity contribution in [2.24, 2.45) is 11.3 Å². The van der Waals surface area contributed by atoms with Crippen molar-refractivity contribution in [1.82, 2.24) is 29.6 Å². The van der Waals surface area contributed by atoms with Crippen molar-refractivity contribution in [3.8, 4) is 22.9 Å². The number of carbonyl (C=O) groups is 2. The van der Waals surface area contributed by atoms with Crippen LogP contribution < -0.4 is 10.9 Å². The number of aromatic hydroxyl groups is 2. The maximum atomic E-state index is 15.4. The van der Waals surface area contributed by atoms with Crippen LogP contribution in [0.2, 0.25) is 0 Å². The molecule has 2 aliphatic carbocycles. The molecule has 2 aromatic heterocycles. The number of ether oxygens (including phenoxy) is 2. The van der Waals surface area contributed by atoms with Gasteiger partial charge in [-0.1, -0.05) is 45.5 Å². The van der Waals surface area contributed by atoms with E-state index in [1.807, 2.05) is 32.9 Å². The third-order valence-electron chi connectivity index (χ3n) is 17.3. The summed E-state index contributed by atoms with van der Waals surface area (Å²) in [7, 11) is 0. The fourth-order valence-electron chi connectivity index (χ4n) is 13.5. The Morgan fingerprint density at radius 2 is 1.75 bits per heavy atom. The topological polar surface area (TPSA) is 150 Å². The predicted octanol–water partition coefficient (Wildman–Crippen LogP) is 9.03. The van der Waals surface area contributed by atoms with E-state index in [2.05, 4.69) is 44.8 Å². The SMILES string of the molecule is C=C(c1cc(C(C)C)c(O)cc1O)N1Cc2ccc(CN3CCC(CN4CC5(CC(OC(=O)NC6CCc7c(C)c(F)cc8nc9c(c6c78)Cn6c-9cc7c(c6=O)COC(=O)C7CC)C5)C4)CC3)cc2C1. The lowest BCUT2D eigenvalue weighted by Gasteiger charge is -2.59. The number of cyclic esters (lactones) is 1. The Hall–Kier alpha value is -6.25. The molecule has 1 saturated carbocycles. The monoisotopic (exact) mass is 962 g/mol. The average molecular weight is 963 g/mol. The van der Waals surface area contributed by atoms with Crippen molar-refractivity contribution in [3.05, 3.63) is 126 Å². The number of pyridine rings is 2. The van der Waals surface area contributed by atoms with Gasteiger partial charge < -0.3 is 39.4 Å². The van der Waals surface area contributed by atoms with Gasteiger partial charge in [-0.3, -0.25) is 14.5 Å². The maximum Gasteiger partial charge on any atom is 0.407 e. The van der Waals surface area contributed by atoms with Crippen molar-refractivity contribution >= 4 is 28.7 Å². The van der Waals surface area contributed by atoms with Crippen LogP contribution in [0.25, 0.3) is 28.0 Å². The summed E-state index contributed by atoms with van der Waals surface area (Å²) in [5.74, 6) is -0.267.